The van der Waals surface area contributed by atoms with Crippen LogP contribution in [-0.2, 0) is 18.2 Å². The number of nitro groups is 1. The van der Waals surface area contributed by atoms with Crippen LogP contribution >= 0.6 is 0 Å². The number of benzene rings is 1. The molecular weight excluding hydrogens is 324 g/mol. The Labute approximate surface area is 145 Å². The first-order chi connectivity index (χ1) is 11.9. The molecule has 8 nitrogen and oxygen atoms in total. The second kappa shape index (κ2) is 6.73. The molecule has 25 heavy (non-hydrogen) atoms. The molecule has 1 unspecified atom stereocenters. The lowest BCUT2D eigenvalue weighted by molar-refractivity contribution is -0.382. The minimum atomic E-state index is -0.669. The number of anilines is 1. The van der Waals surface area contributed by atoms with Crippen molar-refractivity contribution in [3.8, 4) is 0 Å². The summed E-state index contributed by atoms with van der Waals surface area (Å²) in [6.45, 7) is 5.77. The minimum absolute atomic E-state index is 0.0748. The van der Waals surface area contributed by atoms with Gasteiger partial charge >= 0.3 is 5.69 Å². The van der Waals surface area contributed by atoms with Gasteiger partial charge in [0.2, 0.25) is 0 Å². The van der Waals surface area contributed by atoms with Crippen molar-refractivity contribution < 1.29 is 14.8 Å². The summed E-state index contributed by atoms with van der Waals surface area (Å²) in [7, 11) is 1.84. The zero-order chi connectivity index (χ0) is 18.1. The number of aromatic nitrogens is 1. The smallest absolute Gasteiger partial charge is 0.302 e. The summed E-state index contributed by atoms with van der Waals surface area (Å²) in [5, 5.41) is 22.0. The number of ether oxygens (including phenoxy) is 1. The number of hydrogen-bond donors (Lipinski definition) is 2. The highest BCUT2D eigenvalue weighted by molar-refractivity contribution is 5.98. The molecule has 8 heteroatoms. The van der Waals surface area contributed by atoms with Gasteiger partial charge in [-0.25, -0.2) is 0 Å². The zero-order valence-corrected chi connectivity index (χ0v) is 14.1. The van der Waals surface area contributed by atoms with Gasteiger partial charge in [-0.3, -0.25) is 10.1 Å². The Kier molecular flexibility index (Phi) is 4.65. The Morgan fingerprint density at radius 3 is 2.76 bits per heavy atom. The van der Waals surface area contributed by atoms with E-state index in [0.29, 0.717) is 37.4 Å². The summed E-state index contributed by atoms with van der Waals surface area (Å²) in [4.78, 5) is 13.5. The van der Waals surface area contributed by atoms with Crippen LogP contribution in [0.5, 0.6) is 0 Å². The predicted molar refractivity (Wildman–Crippen MR) is 96.1 cm³/mol. The third-order valence-corrected chi connectivity index (χ3v) is 4.59. The molecule has 0 spiro atoms. The fourth-order valence-corrected chi connectivity index (χ4v) is 3.30. The number of hydrogen-bond acceptors (Lipinski definition) is 6. The van der Waals surface area contributed by atoms with Crippen molar-refractivity contribution in [2.24, 2.45) is 12.8 Å². The van der Waals surface area contributed by atoms with Crippen LogP contribution in [0.4, 0.5) is 11.4 Å². The van der Waals surface area contributed by atoms with Crippen LogP contribution in [0.3, 0.4) is 0 Å². The maximum atomic E-state index is 11.9. The van der Waals surface area contributed by atoms with Crippen molar-refractivity contribution >= 4 is 22.3 Å². The summed E-state index contributed by atoms with van der Waals surface area (Å²) >= 11 is 0. The van der Waals surface area contributed by atoms with E-state index in [1.807, 2.05) is 28.8 Å². The highest BCUT2D eigenvalue weighted by atomic mass is 16.6. The Bertz CT molecular complexity index is 824. The molecule has 1 saturated heterocycles. The molecule has 0 bridgehead atoms. The van der Waals surface area contributed by atoms with E-state index in [2.05, 4.69) is 6.58 Å². The number of nitro benzene ring substituents is 1. The maximum Gasteiger partial charge on any atom is 0.302 e. The average molecular weight is 346 g/mol. The van der Waals surface area contributed by atoms with E-state index in [9.17, 15) is 15.2 Å². The molecule has 1 aliphatic heterocycles. The molecule has 3 N–H and O–H groups in total. The van der Waals surface area contributed by atoms with E-state index in [4.69, 9.17) is 10.5 Å². The third-order valence-electron chi connectivity index (χ3n) is 4.59. The van der Waals surface area contributed by atoms with Gasteiger partial charge in [0.1, 0.15) is 11.4 Å². The van der Waals surface area contributed by atoms with Crippen molar-refractivity contribution in [2.45, 2.75) is 12.5 Å². The van der Waals surface area contributed by atoms with Crippen LogP contribution in [0.1, 0.15) is 5.56 Å². The van der Waals surface area contributed by atoms with Crippen LogP contribution in [0.25, 0.3) is 10.9 Å². The Hall–Kier alpha value is -2.58. The molecule has 1 fully saturated rings. The quantitative estimate of drug-likeness (QED) is 0.486. The number of nitrogens with two attached hydrogens (primary N) is 1. The number of morpholine rings is 1. The van der Waals surface area contributed by atoms with Crippen LogP contribution in [0.15, 0.2) is 30.7 Å². The average Bonchev–Trinajstić information content (AvgIpc) is 2.90. The summed E-state index contributed by atoms with van der Waals surface area (Å²) < 4.78 is 7.19. The van der Waals surface area contributed by atoms with Gasteiger partial charge in [0.05, 0.1) is 35.1 Å². The van der Waals surface area contributed by atoms with Gasteiger partial charge in [0.25, 0.3) is 0 Å². The van der Waals surface area contributed by atoms with Crippen molar-refractivity contribution in [3.05, 3.63) is 46.3 Å². The van der Waals surface area contributed by atoms with Gasteiger partial charge in [-0.05, 0) is 24.1 Å². The second-order valence-corrected chi connectivity index (χ2v) is 6.25. The third kappa shape index (κ3) is 3.18. The Morgan fingerprint density at radius 2 is 2.16 bits per heavy atom. The van der Waals surface area contributed by atoms with E-state index in [0.717, 1.165) is 11.1 Å². The van der Waals surface area contributed by atoms with Gasteiger partial charge < -0.3 is 25.0 Å². The molecule has 1 atom stereocenters. The molecule has 0 aliphatic carbocycles. The fraction of sp³-hybridized carbons (Fsp3) is 0.412. The number of aryl methyl sites for hydroxylation is 1. The maximum absolute atomic E-state index is 11.9. The topological polar surface area (TPSA) is 107 Å². The molecule has 0 saturated carbocycles. The van der Waals surface area contributed by atoms with Crippen LogP contribution in [0.2, 0.25) is 0 Å². The molecule has 134 valence electrons. The summed E-state index contributed by atoms with van der Waals surface area (Å²) in [6, 6.07) is 3.01. The largest absolute Gasteiger partial charge is 0.511 e. The predicted octanol–water partition coefficient (Wildman–Crippen LogP) is 1.86. The molecule has 1 aromatic carbocycles. The fourth-order valence-electron chi connectivity index (χ4n) is 3.30. The van der Waals surface area contributed by atoms with Gasteiger partial charge in [-0.1, -0.05) is 6.58 Å². The van der Waals surface area contributed by atoms with Crippen molar-refractivity contribution in [3.63, 3.8) is 0 Å². The lowest BCUT2D eigenvalue weighted by Crippen LogP contribution is -2.36. The normalized spacial score (nSPS) is 16.2. The molecule has 3 rings (SSSR count). The van der Waals surface area contributed by atoms with Gasteiger partial charge in [0.15, 0.2) is 0 Å². The number of aliphatic hydroxyl groups excluding tert-OH is 1. The minimum Gasteiger partial charge on any atom is -0.511 e. The number of aliphatic hydroxyl groups is 1. The summed E-state index contributed by atoms with van der Waals surface area (Å²) in [6.07, 6.45) is 2.10. The lowest BCUT2D eigenvalue weighted by atomic mass is 10.0. The van der Waals surface area contributed by atoms with Crippen molar-refractivity contribution in [1.29, 1.82) is 0 Å². The second-order valence-electron chi connectivity index (χ2n) is 6.25. The Morgan fingerprint density at radius 1 is 1.48 bits per heavy atom. The first kappa shape index (κ1) is 17.2. The summed E-state index contributed by atoms with van der Waals surface area (Å²) in [5.41, 5.74) is 8.05. The monoisotopic (exact) mass is 346 g/mol. The van der Waals surface area contributed by atoms with Gasteiger partial charge in [-0.2, -0.15) is 0 Å². The van der Waals surface area contributed by atoms with Crippen LogP contribution in [-0.4, -0.2) is 46.9 Å². The van der Waals surface area contributed by atoms with Crippen molar-refractivity contribution in [1.82, 2.24) is 4.57 Å². The Balaban J connectivity index is 2.17. The summed E-state index contributed by atoms with van der Waals surface area (Å²) in [5.74, 6) is -0.135. The molecule has 1 aliphatic rings. The number of fused-ring (bicyclic) bond motifs is 1. The molecule has 2 aromatic rings. The number of nitrogens with zero attached hydrogens (tertiary/aromatic N) is 3. The standard InChI is InChI=1S/C17H22N4O4/c1-11(22)13(18)9-12-10-19(2)14-3-4-15(17(16(12)14)21(23)24)20-5-7-25-8-6-20/h3-4,10,13,22H,1,5-9,18H2,2H3. The van der Waals surface area contributed by atoms with E-state index < -0.39 is 6.04 Å². The molecule has 2 heterocycles. The molecule has 0 amide bonds. The van der Waals surface area contributed by atoms with E-state index in [1.54, 1.807) is 6.07 Å². The molecule has 0 radical (unpaired) electrons. The van der Waals surface area contributed by atoms with E-state index in [1.165, 1.54) is 0 Å². The molecule has 1 aromatic heterocycles. The SMILES string of the molecule is C=C(O)C(N)Cc1cn(C)c2ccc(N3CCOCC3)c([N+](=O)[O-])c12. The van der Waals surface area contributed by atoms with Crippen LogP contribution < -0.4 is 10.6 Å². The highest BCUT2D eigenvalue weighted by Gasteiger charge is 2.28. The van der Waals surface area contributed by atoms with E-state index >= 15 is 0 Å². The molecular formula is C17H22N4O4. The van der Waals surface area contributed by atoms with Crippen molar-refractivity contribution in [2.75, 3.05) is 31.2 Å². The zero-order valence-electron chi connectivity index (χ0n) is 14.1. The van der Waals surface area contributed by atoms with Crippen LogP contribution in [0, 0.1) is 10.1 Å². The van der Waals surface area contributed by atoms with E-state index in [-0.39, 0.29) is 22.8 Å². The first-order valence-electron chi connectivity index (χ1n) is 8.11. The van der Waals surface area contributed by atoms with Gasteiger partial charge in [0, 0.05) is 26.3 Å². The highest BCUT2D eigenvalue weighted by Crippen LogP contribution is 2.39. The first-order valence-corrected chi connectivity index (χ1v) is 8.11. The number of rotatable bonds is 5. The van der Waals surface area contributed by atoms with Gasteiger partial charge in [-0.15, -0.1) is 0 Å². The lowest BCUT2D eigenvalue weighted by Gasteiger charge is -2.28.